The van der Waals surface area contributed by atoms with E-state index in [0.29, 0.717) is 10.5 Å². The third-order valence-electron chi connectivity index (χ3n) is 4.01. The Hall–Kier alpha value is -2.21. The zero-order valence-electron chi connectivity index (χ0n) is 13.3. The van der Waals surface area contributed by atoms with Crippen molar-refractivity contribution >= 4 is 27.5 Å². The van der Waals surface area contributed by atoms with E-state index in [1.165, 1.54) is 22.5 Å². The molecule has 1 amide bonds. The lowest BCUT2D eigenvalue weighted by molar-refractivity contribution is 0.0988. The van der Waals surface area contributed by atoms with Gasteiger partial charge >= 0.3 is 0 Å². The van der Waals surface area contributed by atoms with Crippen molar-refractivity contribution in [1.82, 2.24) is 14.3 Å². The minimum atomic E-state index is -0.256. The minimum Gasteiger partial charge on any atom is -0.319 e. The Morgan fingerprint density at radius 2 is 1.91 bits per heavy atom. The van der Waals surface area contributed by atoms with Crippen LogP contribution in [0.5, 0.6) is 0 Å². The van der Waals surface area contributed by atoms with Crippen LogP contribution >= 0.6 is 11.3 Å². The predicted molar refractivity (Wildman–Crippen MR) is 88.1 cm³/mol. The van der Waals surface area contributed by atoms with Gasteiger partial charge in [-0.15, -0.1) is 0 Å². The Kier molecular flexibility index (Phi) is 3.48. The van der Waals surface area contributed by atoms with Crippen molar-refractivity contribution in [1.29, 1.82) is 0 Å². The molecular formula is C16H18N4OS. The SMILES string of the molecule is Cc1ccc2sc(=NC(=O)c3c(C)cnn3C)n(C)c2c1C. The summed E-state index contributed by atoms with van der Waals surface area (Å²) in [4.78, 5) is 17.5. The zero-order valence-corrected chi connectivity index (χ0v) is 14.2. The van der Waals surface area contributed by atoms with Gasteiger partial charge in [0.1, 0.15) is 5.69 Å². The molecule has 3 aromatic rings. The summed E-state index contributed by atoms with van der Waals surface area (Å²) >= 11 is 1.53. The fourth-order valence-corrected chi connectivity index (χ4v) is 3.71. The number of hydrogen-bond donors (Lipinski definition) is 0. The normalized spacial score (nSPS) is 12.3. The first-order valence-electron chi connectivity index (χ1n) is 7.03. The molecule has 6 heteroatoms. The lowest BCUT2D eigenvalue weighted by Crippen LogP contribution is -2.16. The van der Waals surface area contributed by atoms with Gasteiger partial charge in [0.2, 0.25) is 0 Å². The van der Waals surface area contributed by atoms with Crippen molar-refractivity contribution in [3.05, 3.63) is 45.5 Å². The van der Waals surface area contributed by atoms with Crippen LogP contribution in [0.2, 0.25) is 0 Å². The van der Waals surface area contributed by atoms with Crippen molar-refractivity contribution in [3.63, 3.8) is 0 Å². The smallest absolute Gasteiger partial charge is 0.298 e. The summed E-state index contributed by atoms with van der Waals surface area (Å²) in [6.45, 7) is 6.06. The fraction of sp³-hybridized carbons (Fsp3) is 0.312. The van der Waals surface area contributed by atoms with Crippen molar-refractivity contribution in [2.24, 2.45) is 19.1 Å². The van der Waals surface area contributed by atoms with Gasteiger partial charge in [-0.1, -0.05) is 17.4 Å². The standard InChI is InChI=1S/C16H18N4OS/c1-9-6-7-12-14(11(9)3)19(4)16(22-12)18-15(21)13-10(2)8-17-20(13)5/h6-8H,1-5H3. The highest BCUT2D eigenvalue weighted by Crippen LogP contribution is 2.23. The molecule has 22 heavy (non-hydrogen) atoms. The molecule has 2 aromatic heterocycles. The molecule has 5 nitrogen and oxygen atoms in total. The highest BCUT2D eigenvalue weighted by molar-refractivity contribution is 7.16. The Bertz CT molecular complexity index is 939. The monoisotopic (exact) mass is 314 g/mol. The molecule has 0 aliphatic carbocycles. The van der Waals surface area contributed by atoms with E-state index in [1.807, 2.05) is 18.5 Å². The highest BCUT2D eigenvalue weighted by atomic mass is 32.1. The topological polar surface area (TPSA) is 52.2 Å². The molecule has 0 aliphatic heterocycles. The van der Waals surface area contributed by atoms with Crippen LogP contribution in [-0.2, 0) is 14.1 Å². The van der Waals surface area contributed by atoms with Crippen LogP contribution < -0.4 is 4.80 Å². The van der Waals surface area contributed by atoms with E-state index in [9.17, 15) is 4.79 Å². The van der Waals surface area contributed by atoms with E-state index in [4.69, 9.17) is 0 Å². The Labute approximate surface area is 132 Å². The second-order valence-corrected chi connectivity index (χ2v) is 6.52. The zero-order chi connectivity index (χ0) is 16.0. The maximum atomic E-state index is 12.5. The van der Waals surface area contributed by atoms with Crippen LogP contribution in [0.1, 0.15) is 27.2 Å². The number of fused-ring (bicyclic) bond motifs is 1. The summed E-state index contributed by atoms with van der Waals surface area (Å²) in [5.41, 5.74) is 4.97. The number of rotatable bonds is 1. The number of aromatic nitrogens is 3. The van der Waals surface area contributed by atoms with E-state index in [2.05, 4.69) is 36.1 Å². The summed E-state index contributed by atoms with van der Waals surface area (Å²) in [6.07, 6.45) is 1.68. The Morgan fingerprint density at radius 1 is 1.18 bits per heavy atom. The first kappa shape index (κ1) is 14.7. The number of hydrogen-bond acceptors (Lipinski definition) is 3. The molecule has 0 bridgehead atoms. The maximum absolute atomic E-state index is 12.5. The summed E-state index contributed by atoms with van der Waals surface area (Å²) in [6, 6.07) is 4.19. The van der Waals surface area contributed by atoms with Crippen LogP contribution in [0, 0.1) is 20.8 Å². The van der Waals surface area contributed by atoms with Gasteiger partial charge < -0.3 is 4.57 Å². The van der Waals surface area contributed by atoms with Gasteiger partial charge in [-0.3, -0.25) is 9.48 Å². The van der Waals surface area contributed by atoms with Crippen LogP contribution in [0.15, 0.2) is 23.3 Å². The number of benzene rings is 1. The molecule has 0 saturated carbocycles. The average molecular weight is 314 g/mol. The number of thiazole rings is 1. The van der Waals surface area contributed by atoms with Crippen molar-refractivity contribution in [2.75, 3.05) is 0 Å². The highest BCUT2D eigenvalue weighted by Gasteiger charge is 2.14. The van der Waals surface area contributed by atoms with Gasteiger partial charge in [-0.2, -0.15) is 10.1 Å². The lowest BCUT2D eigenvalue weighted by Gasteiger charge is -2.03. The molecule has 0 fully saturated rings. The fourth-order valence-electron chi connectivity index (χ4n) is 2.63. The van der Waals surface area contributed by atoms with E-state index in [1.54, 1.807) is 17.9 Å². The predicted octanol–water partition coefficient (Wildman–Crippen LogP) is 2.64. The molecule has 0 radical (unpaired) electrons. The van der Waals surface area contributed by atoms with Crippen LogP contribution in [-0.4, -0.2) is 20.3 Å². The van der Waals surface area contributed by atoms with Crippen LogP contribution in [0.4, 0.5) is 0 Å². The summed E-state index contributed by atoms with van der Waals surface area (Å²) < 4.78 is 4.70. The molecule has 3 rings (SSSR count). The molecular weight excluding hydrogens is 296 g/mol. The molecule has 0 saturated heterocycles. The van der Waals surface area contributed by atoms with E-state index >= 15 is 0 Å². The third-order valence-corrected chi connectivity index (χ3v) is 5.11. The van der Waals surface area contributed by atoms with E-state index in [-0.39, 0.29) is 5.91 Å². The van der Waals surface area contributed by atoms with Crippen LogP contribution in [0.25, 0.3) is 10.2 Å². The van der Waals surface area contributed by atoms with Gasteiger partial charge in [-0.05, 0) is 38.0 Å². The minimum absolute atomic E-state index is 0.256. The Balaban J connectivity index is 2.21. The van der Waals surface area contributed by atoms with Gasteiger partial charge in [0, 0.05) is 19.7 Å². The maximum Gasteiger partial charge on any atom is 0.298 e. The molecule has 1 aromatic carbocycles. The van der Waals surface area contributed by atoms with Crippen molar-refractivity contribution in [2.45, 2.75) is 20.8 Å². The quantitative estimate of drug-likeness (QED) is 0.693. The van der Waals surface area contributed by atoms with Gasteiger partial charge in [0.05, 0.1) is 16.4 Å². The number of nitrogens with zero attached hydrogens (tertiary/aromatic N) is 4. The number of carbonyl (C=O) groups excluding carboxylic acids is 1. The molecule has 0 unspecified atom stereocenters. The van der Waals surface area contributed by atoms with Crippen molar-refractivity contribution in [3.8, 4) is 0 Å². The van der Waals surface area contributed by atoms with Crippen LogP contribution in [0.3, 0.4) is 0 Å². The molecule has 2 heterocycles. The molecule has 0 N–H and O–H groups in total. The van der Waals surface area contributed by atoms with Gasteiger partial charge in [-0.25, -0.2) is 0 Å². The Morgan fingerprint density at radius 3 is 2.55 bits per heavy atom. The van der Waals surface area contributed by atoms with Gasteiger partial charge in [0.15, 0.2) is 4.80 Å². The lowest BCUT2D eigenvalue weighted by atomic mass is 10.1. The molecule has 0 atom stereocenters. The average Bonchev–Trinajstić information content (AvgIpc) is 2.96. The van der Waals surface area contributed by atoms with Gasteiger partial charge in [0.25, 0.3) is 5.91 Å². The van der Waals surface area contributed by atoms with E-state index in [0.717, 1.165) is 15.8 Å². The molecule has 0 aliphatic rings. The first-order chi connectivity index (χ1) is 10.4. The van der Waals surface area contributed by atoms with E-state index < -0.39 is 0 Å². The van der Waals surface area contributed by atoms with Crippen molar-refractivity contribution < 1.29 is 4.79 Å². The second-order valence-electron chi connectivity index (χ2n) is 5.51. The largest absolute Gasteiger partial charge is 0.319 e. The number of amides is 1. The first-order valence-corrected chi connectivity index (χ1v) is 7.85. The molecule has 114 valence electrons. The molecule has 0 spiro atoms. The third kappa shape index (κ3) is 2.20. The number of aryl methyl sites for hydroxylation is 5. The summed E-state index contributed by atoms with van der Waals surface area (Å²) in [7, 11) is 3.71. The summed E-state index contributed by atoms with van der Waals surface area (Å²) in [5.74, 6) is -0.256. The summed E-state index contributed by atoms with van der Waals surface area (Å²) in [5, 5.41) is 4.10. The number of carbonyl (C=O) groups is 1. The second kappa shape index (κ2) is 5.21.